The average molecular weight is 463 g/mol. The number of aliphatic hydroxyl groups excluding tert-OH is 1. The third-order valence-electron chi connectivity index (χ3n) is 6.87. The molecule has 4 rings (SSSR count). The Kier molecular flexibility index (Phi) is 7.08. The largest absolute Gasteiger partial charge is 0.507 e. The summed E-state index contributed by atoms with van der Waals surface area (Å²) in [6, 6.07) is 12.7. The van der Waals surface area contributed by atoms with Crippen molar-refractivity contribution in [3.05, 3.63) is 70.3 Å². The molecule has 2 aromatic rings. The second-order valence-electron chi connectivity index (χ2n) is 9.24. The molecule has 2 aliphatic heterocycles. The number of fused-ring (bicyclic) bond motifs is 1. The third kappa shape index (κ3) is 4.60. The highest BCUT2D eigenvalue weighted by molar-refractivity contribution is 6.46. The highest BCUT2D eigenvalue weighted by Gasteiger charge is 2.45. The Labute approximate surface area is 201 Å². The number of likely N-dealkylation sites (tertiary alicyclic amines) is 1. The quantitative estimate of drug-likeness (QED) is 0.356. The van der Waals surface area contributed by atoms with E-state index in [2.05, 4.69) is 18.7 Å². The Morgan fingerprint density at radius 3 is 2.50 bits per heavy atom. The Morgan fingerprint density at radius 2 is 1.82 bits per heavy atom. The van der Waals surface area contributed by atoms with Crippen molar-refractivity contribution in [1.29, 1.82) is 0 Å². The number of Topliss-reactive ketones (excluding diaryl/α,β-unsaturated/α-hetero) is 1. The topological polar surface area (TPSA) is 70.1 Å². The van der Waals surface area contributed by atoms with Gasteiger partial charge in [-0.3, -0.25) is 9.59 Å². The third-order valence-corrected chi connectivity index (χ3v) is 6.87. The van der Waals surface area contributed by atoms with Crippen LogP contribution in [0.25, 0.3) is 5.76 Å². The van der Waals surface area contributed by atoms with Crippen LogP contribution in [0.5, 0.6) is 5.75 Å². The van der Waals surface area contributed by atoms with Crippen molar-refractivity contribution in [1.82, 2.24) is 9.80 Å². The van der Waals surface area contributed by atoms with Gasteiger partial charge in [-0.15, -0.1) is 0 Å². The molecule has 0 bridgehead atoms. The summed E-state index contributed by atoms with van der Waals surface area (Å²) in [5, 5.41) is 11.3. The van der Waals surface area contributed by atoms with Crippen molar-refractivity contribution < 1.29 is 19.4 Å². The molecular weight excluding hydrogens is 428 g/mol. The zero-order valence-electron chi connectivity index (χ0n) is 20.5. The van der Waals surface area contributed by atoms with Crippen LogP contribution in [-0.2, 0) is 16.0 Å². The van der Waals surface area contributed by atoms with E-state index >= 15 is 0 Å². The summed E-state index contributed by atoms with van der Waals surface area (Å²) < 4.78 is 5.77. The number of amides is 1. The smallest absolute Gasteiger partial charge is 0.295 e. The fourth-order valence-corrected chi connectivity index (χ4v) is 4.94. The molecule has 1 N–H and O–H groups in total. The van der Waals surface area contributed by atoms with E-state index in [9.17, 15) is 14.7 Å². The molecule has 180 valence electrons. The average Bonchev–Trinajstić information content (AvgIpc) is 3.32. The molecule has 2 aliphatic rings. The van der Waals surface area contributed by atoms with Crippen molar-refractivity contribution in [2.45, 2.75) is 52.7 Å². The van der Waals surface area contributed by atoms with Crippen molar-refractivity contribution in [3.8, 4) is 5.75 Å². The first-order valence-electron chi connectivity index (χ1n) is 12.2. The normalized spacial score (nSPS) is 21.3. The van der Waals surface area contributed by atoms with Gasteiger partial charge < -0.3 is 19.6 Å². The fourth-order valence-electron chi connectivity index (χ4n) is 4.94. The molecule has 0 saturated carbocycles. The van der Waals surface area contributed by atoms with Gasteiger partial charge in [0.25, 0.3) is 11.7 Å². The van der Waals surface area contributed by atoms with E-state index in [1.54, 1.807) is 11.0 Å². The summed E-state index contributed by atoms with van der Waals surface area (Å²) in [5.74, 6) is -0.505. The van der Waals surface area contributed by atoms with E-state index in [1.807, 2.05) is 50.2 Å². The first-order chi connectivity index (χ1) is 16.3. The highest BCUT2D eigenvalue weighted by atomic mass is 16.5. The molecule has 0 spiro atoms. The number of ether oxygens (including phenoxy) is 1. The molecule has 1 amide bonds. The van der Waals surface area contributed by atoms with Crippen LogP contribution in [0, 0.1) is 6.92 Å². The van der Waals surface area contributed by atoms with E-state index in [0.29, 0.717) is 12.1 Å². The van der Waals surface area contributed by atoms with Crippen LogP contribution in [0.15, 0.2) is 48.0 Å². The van der Waals surface area contributed by atoms with Crippen LogP contribution in [0.1, 0.15) is 55.5 Å². The van der Waals surface area contributed by atoms with Crippen LogP contribution < -0.4 is 4.74 Å². The number of hydrogen-bond donors (Lipinski definition) is 1. The maximum Gasteiger partial charge on any atom is 0.295 e. The summed E-state index contributed by atoms with van der Waals surface area (Å²) in [4.78, 5) is 30.3. The number of aliphatic hydroxyl groups is 1. The first kappa shape index (κ1) is 24.0. The zero-order valence-corrected chi connectivity index (χ0v) is 20.5. The second kappa shape index (κ2) is 10.0. The van der Waals surface area contributed by atoms with Crippen molar-refractivity contribution in [2.24, 2.45) is 0 Å². The summed E-state index contributed by atoms with van der Waals surface area (Å²) in [6.07, 6.45) is 1.58. The standard InChI is InChI=1S/C28H34N2O4/c1-5-29(6-2)14-7-15-30-25(20-10-8-18(3)9-11-20)24(27(32)28(30)33)26(31)21-12-13-23-22(17-21)16-19(4)34-23/h8-13,17,19,25,31H,5-7,14-16H2,1-4H3/b26-24+/t19-,25-/m0/s1. The lowest BCUT2D eigenvalue weighted by Gasteiger charge is -2.27. The number of benzene rings is 2. The predicted molar refractivity (Wildman–Crippen MR) is 133 cm³/mol. The van der Waals surface area contributed by atoms with Crippen LogP contribution in [0.4, 0.5) is 0 Å². The second-order valence-corrected chi connectivity index (χ2v) is 9.24. The number of aryl methyl sites for hydroxylation is 1. The van der Waals surface area contributed by atoms with Gasteiger partial charge in [0.2, 0.25) is 0 Å². The van der Waals surface area contributed by atoms with Crippen molar-refractivity contribution in [2.75, 3.05) is 26.2 Å². The van der Waals surface area contributed by atoms with Gasteiger partial charge >= 0.3 is 0 Å². The van der Waals surface area contributed by atoms with Crippen LogP contribution in [0.3, 0.4) is 0 Å². The summed E-state index contributed by atoms with van der Waals surface area (Å²) >= 11 is 0. The molecule has 2 heterocycles. The predicted octanol–water partition coefficient (Wildman–Crippen LogP) is 4.47. The first-order valence-corrected chi connectivity index (χ1v) is 12.2. The van der Waals surface area contributed by atoms with Gasteiger partial charge in [-0.25, -0.2) is 0 Å². The number of nitrogens with zero attached hydrogens (tertiary/aromatic N) is 2. The molecule has 6 nitrogen and oxygen atoms in total. The minimum absolute atomic E-state index is 0.0799. The lowest BCUT2D eigenvalue weighted by atomic mass is 9.94. The molecule has 6 heteroatoms. The number of carbonyl (C=O) groups is 2. The van der Waals surface area contributed by atoms with Gasteiger partial charge in [0.1, 0.15) is 17.6 Å². The van der Waals surface area contributed by atoms with Gasteiger partial charge in [0.05, 0.1) is 11.6 Å². The van der Waals surface area contributed by atoms with Crippen molar-refractivity contribution in [3.63, 3.8) is 0 Å². The maximum absolute atomic E-state index is 13.2. The molecular formula is C28H34N2O4. The monoisotopic (exact) mass is 462 g/mol. The molecule has 0 unspecified atom stereocenters. The molecule has 34 heavy (non-hydrogen) atoms. The van der Waals surface area contributed by atoms with Gasteiger partial charge in [-0.1, -0.05) is 43.7 Å². The Bertz CT molecular complexity index is 1100. The fraction of sp³-hybridized carbons (Fsp3) is 0.429. The Balaban J connectivity index is 1.72. The number of rotatable bonds is 8. The SMILES string of the molecule is CCN(CC)CCCN1C(=O)C(=O)/C(=C(/O)c2ccc3c(c2)C[C@H](C)O3)[C@@H]1c1ccc(C)cc1. The van der Waals surface area contributed by atoms with Crippen LogP contribution >= 0.6 is 0 Å². The highest BCUT2D eigenvalue weighted by Crippen LogP contribution is 2.40. The molecule has 1 saturated heterocycles. The number of ketones is 1. The molecule has 0 aliphatic carbocycles. The summed E-state index contributed by atoms with van der Waals surface area (Å²) in [7, 11) is 0. The molecule has 0 aromatic heterocycles. The molecule has 1 fully saturated rings. The van der Waals surface area contributed by atoms with Gasteiger partial charge in [-0.2, -0.15) is 0 Å². The van der Waals surface area contributed by atoms with Gasteiger partial charge in [0, 0.05) is 18.5 Å². The van der Waals surface area contributed by atoms with E-state index < -0.39 is 17.7 Å². The van der Waals surface area contributed by atoms with E-state index in [-0.39, 0.29) is 17.4 Å². The molecule has 0 radical (unpaired) electrons. The maximum atomic E-state index is 13.2. The molecule has 2 atom stereocenters. The lowest BCUT2D eigenvalue weighted by Crippen LogP contribution is -2.33. The molecule has 2 aromatic carbocycles. The zero-order chi connectivity index (χ0) is 24.4. The summed E-state index contributed by atoms with van der Waals surface area (Å²) in [6.45, 7) is 11.4. The summed E-state index contributed by atoms with van der Waals surface area (Å²) in [5.41, 5.74) is 3.61. The van der Waals surface area contributed by atoms with E-state index in [4.69, 9.17) is 4.74 Å². The Morgan fingerprint density at radius 1 is 1.12 bits per heavy atom. The van der Waals surface area contributed by atoms with Gasteiger partial charge in [-0.05, 0) is 69.2 Å². The van der Waals surface area contributed by atoms with E-state index in [1.165, 1.54) is 0 Å². The van der Waals surface area contributed by atoms with Crippen molar-refractivity contribution >= 4 is 17.4 Å². The Hall–Kier alpha value is -3.12. The number of carbonyl (C=O) groups excluding carboxylic acids is 2. The van der Waals surface area contributed by atoms with Crippen LogP contribution in [0.2, 0.25) is 0 Å². The van der Waals surface area contributed by atoms with Crippen LogP contribution in [-0.4, -0.2) is 58.9 Å². The minimum Gasteiger partial charge on any atom is -0.507 e. The van der Waals surface area contributed by atoms with Gasteiger partial charge in [0.15, 0.2) is 0 Å². The lowest BCUT2D eigenvalue weighted by molar-refractivity contribution is -0.140. The minimum atomic E-state index is -0.629. The van der Waals surface area contributed by atoms with E-state index in [0.717, 1.165) is 54.9 Å². The number of hydrogen-bond acceptors (Lipinski definition) is 5.